The van der Waals surface area contributed by atoms with Crippen molar-refractivity contribution in [2.45, 2.75) is 6.10 Å². The Morgan fingerprint density at radius 3 is 2.67 bits per heavy atom. The third-order valence-corrected chi connectivity index (χ3v) is 2.51. The van der Waals surface area contributed by atoms with Crippen LogP contribution < -0.4 is 10.5 Å². The number of benzene rings is 1. The minimum Gasteiger partial charge on any atom is -0.481 e. The molecule has 0 aliphatic rings. The first-order valence-corrected chi connectivity index (χ1v) is 5.62. The van der Waals surface area contributed by atoms with Gasteiger partial charge in [0.1, 0.15) is 11.8 Å². The molecule has 18 heavy (non-hydrogen) atoms. The molecule has 90 valence electrons. The molecule has 4 nitrogen and oxygen atoms in total. The third-order valence-electron chi connectivity index (χ3n) is 2.51. The Balaban J connectivity index is 2.24. The van der Waals surface area contributed by atoms with Crippen LogP contribution >= 0.6 is 0 Å². The van der Waals surface area contributed by atoms with E-state index in [-0.39, 0.29) is 6.10 Å². The predicted molar refractivity (Wildman–Crippen MR) is 67.8 cm³/mol. The molecule has 1 atom stereocenters. The lowest BCUT2D eigenvalue weighted by atomic mass is 10.2. The van der Waals surface area contributed by atoms with E-state index in [0.717, 1.165) is 5.69 Å². The summed E-state index contributed by atoms with van der Waals surface area (Å²) in [6, 6.07) is 14.7. The van der Waals surface area contributed by atoms with Crippen LogP contribution in [0.15, 0.2) is 48.7 Å². The topological polar surface area (TPSA) is 71.9 Å². The van der Waals surface area contributed by atoms with Gasteiger partial charge in [0, 0.05) is 12.7 Å². The number of ether oxygens (including phenoxy) is 1. The molecule has 0 amide bonds. The van der Waals surface area contributed by atoms with E-state index < -0.39 is 0 Å². The first-order valence-electron chi connectivity index (χ1n) is 5.62. The minimum atomic E-state index is -0.347. The summed E-state index contributed by atoms with van der Waals surface area (Å²) in [6.45, 7) is 0.302. The Hall–Kier alpha value is -2.38. The van der Waals surface area contributed by atoms with Crippen molar-refractivity contribution in [2.75, 3.05) is 6.54 Å². The number of nitrogens with zero attached hydrogens (tertiary/aromatic N) is 2. The van der Waals surface area contributed by atoms with Crippen molar-refractivity contribution in [3.8, 4) is 11.8 Å². The largest absolute Gasteiger partial charge is 0.481 e. The molecule has 0 aliphatic heterocycles. The van der Waals surface area contributed by atoms with E-state index in [1.165, 1.54) is 0 Å². The number of nitriles is 1. The van der Waals surface area contributed by atoms with Crippen molar-refractivity contribution in [1.29, 1.82) is 5.26 Å². The summed E-state index contributed by atoms with van der Waals surface area (Å²) in [5.74, 6) is 0.529. The maximum Gasteiger partial charge on any atom is 0.153 e. The van der Waals surface area contributed by atoms with Crippen LogP contribution in [0, 0.1) is 11.3 Å². The lowest BCUT2D eigenvalue weighted by Gasteiger charge is -2.17. The molecule has 2 aromatic rings. The summed E-state index contributed by atoms with van der Waals surface area (Å²) in [7, 11) is 0. The first-order chi connectivity index (χ1) is 8.85. The fourth-order valence-electron chi connectivity index (χ4n) is 1.61. The fourth-order valence-corrected chi connectivity index (χ4v) is 1.61. The maximum atomic E-state index is 9.00. The summed E-state index contributed by atoms with van der Waals surface area (Å²) in [4.78, 5) is 4.21. The van der Waals surface area contributed by atoms with Gasteiger partial charge in [-0.05, 0) is 24.3 Å². The van der Waals surface area contributed by atoms with Gasteiger partial charge in [-0.15, -0.1) is 0 Å². The molecule has 1 aromatic heterocycles. The van der Waals surface area contributed by atoms with Gasteiger partial charge in [0.25, 0.3) is 0 Å². The van der Waals surface area contributed by atoms with Crippen molar-refractivity contribution >= 4 is 0 Å². The molecule has 0 saturated heterocycles. The van der Waals surface area contributed by atoms with Gasteiger partial charge in [0.15, 0.2) is 6.10 Å². The van der Waals surface area contributed by atoms with E-state index >= 15 is 0 Å². The first kappa shape index (κ1) is 12.1. The van der Waals surface area contributed by atoms with Crippen molar-refractivity contribution in [3.63, 3.8) is 0 Å². The summed E-state index contributed by atoms with van der Waals surface area (Å²) < 4.78 is 5.76. The zero-order valence-corrected chi connectivity index (χ0v) is 9.78. The second-order valence-electron chi connectivity index (χ2n) is 3.70. The Bertz CT molecular complexity index is 548. The summed E-state index contributed by atoms with van der Waals surface area (Å²) in [6.07, 6.45) is 1.35. The van der Waals surface area contributed by atoms with Gasteiger partial charge in [-0.2, -0.15) is 5.26 Å². The summed E-state index contributed by atoms with van der Waals surface area (Å²) in [5.41, 5.74) is 6.95. The van der Waals surface area contributed by atoms with Gasteiger partial charge < -0.3 is 10.5 Å². The number of aromatic nitrogens is 1. The van der Waals surface area contributed by atoms with Gasteiger partial charge in [0.05, 0.1) is 11.3 Å². The molecular weight excluding hydrogens is 226 g/mol. The molecule has 1 unspecified atom stereocenters. The van der Waals surface area contributed by atoms with Crippen LogP contribution in [0.5, 0.6) is 5.75 Å². The van der Waals surface area contributed by atoms with Crippen LogP contribution in [-0.2, 0) is 0 Å². The van der Waals surface area contributed by atoms with E-state index in [1.54, 1.807) is 24.4 Å². The van der Waals surface area contributed by atoms with Crippen LogP contribution in [0.2, 0.25) is 0 Å². The lowest BCUT2D eigenvalue weighted by Crippen LogP contribution is -2.19. The van der Waals surface area contributed by atoms with Gasteiger partial charge in [0.2, 0.25) is 0 Å². The second-order valence-corrected chi connectivity index (χ2v) is 3.70. The summed E-state index contributed by atoms with van der Waals surface area (Å²) >= 11 is 0. The second kappa shape index (κ2) is 5.80. The highest BCUT2D eigenvalue weighted by Crippen LogP contribution is 2.23. The van der Waals surface area contributed by atoms with Crippen LogP contribution in [0.25, 0.3) is 0 Å². The predicted octanol–water partition coefficient (Wildman–Crippen LogP) is 2.03. The van der Waals surface area contributed by atoms with Crippen molar-refractivity contribution in [3.05, 3.63) is 59.9 Å². The quantitative estimate of drug-likeness (QED) is 0.886. The normalized spacial score (nSPS) is 11.6. The van der Waals surface area contributed by atoms with Crippen molar-refractivity contribution in [2.24, 2.45) is 5.73 Å². The van der Waals surface area contributed by atoms with Gasteiger partial charge in [-0.3, -0.25) is 4.98 Å². The van der Waals surface area contributed by atoms with E-state index in [1.807, 2.05) is 24.3 Å². The molecule has 2 rings (SSSR count). The molecule has 0 spiro atoms. The Morgan fingerprint density at radius 1 is 1.22 bits per heavy atom. The standard InChI is InChI=1S/C14H13N3O/c15-9-11-5-1-2-7-13(11)18-14(10-16)12-6-3-4-8-17-12/h1-8,14H,10,16H2. The lowest BCUT2D eigenvalue weighted by molar-refractivity contribution is 0.209. The molecule has 0 bridgehead atoms. The number of rotatable bonds is 4. The molecule has 0 radical (unpaired) electrons. The average molecular weight is 239 g/mol. The number of nitrogens with two attached hydrogens (primary N) is 1. The van der Waals surface area contributed by atoms with Gasteiger partial charge >= 0.3 is 0 Å². The maximum absolute atomic E-state index is 9.00. The van der Waals surface area contributed by atoms with Crippen molar-refractivity contribution < 1.29 is 4.74 Å². The molecule has 4 heteroatoms. The number of hydrogen-bond donors (Lipinski definition) is 1. The highest BCUT2D eigenvalue weighted by molar-refractivity contribution is 5.42. The third kappa shape index (κ3) is 2.65. The van der Waals surface area contributed by atoms with E-state index in [9.17, 15) is 0 Å². The zero-order valence-electron chi connectivity index (χ0n) is 9.78. The average Bonchev–Trinajstić information content (AvgIpc) is 2.46. The molecule has 0 saturated carbocycles. The highest BCUT2D eigenvalue weighted by Gasteiger charge is 2.14. The molecule has 0 fully saturated rings. The Morgan fingerprint density at radius 2 is 2.00 bits per heavy atom. The van der Waals surface area contributed by atoms with Crippen molar-refractivity contribution in [1.82, 2.24) is 4.98 Å². The van der Waals surface area contributed by atoms with E-state index in [0.29, 0.717) is 17.9 Å². The number of hydrogen-bond acceptors (Lipinski definition) is 4. The van der Waals surface area contributed by atoms with E-state index in [2.05, 4.69) is 11.1 Å². The molecule has 1 aromatic carbocycles. The summed E-state index contributed by atoms with van der Waals surface area (Å²) in [5, 5.41) is 9.00. The molecular formula is C14H13N3O. The smallest absolute Gasteiger partial charge is 0.153 e. The van der Waals surface area contributed by atoms with E-state index in [4.69, 9.17) is 15.7 Å². The molecule has 1 heterocycles. The molecule has 0 aliphatic carbocycles. The zero-order chi connectivity index (χ0) is 12.8. The van der Waals surface area contributed by atoms with Crippen LogP contribution in [-0.4, -0.2) is 11.5 Å². The SMILES string of the molecule is N#Cc1ccccc1OC(CN)c1ccccn1. The number of pyridine rings is 1. The van der Waals surface area contributed by atoms with Crippen LogP contribution in [0.3, 0.4) is 0 Å². The minimum absolute atomic E-state index is 0.302. The van der Waals surface area contributed by atoms with Crippen LogP contribution in [0.1, 0.15) is 17.4 Å². The Labute approximate surface area is 106 Å². The van der Waals surface area contributed by atoms with Crippen LogP contribution in [0.4, 0.5) is 0 Å². The number of para-hydroxylation sites is 1. The molecule has 2 N–H and O–H groups in total. The fraction of sp³-hybridized carbons (Fsp3) is 0.143. The van der Waals surface area contributed by atoms with Gasteiger partial charge in [-0.1, -0.05) is 18.2 Å². The highest BCUT2D eigenvalue weighted by atomic mass is 16.5. The van der Waals surface area contributed by atoms with Gasteiger partial charge in [-0.25, -0.2) is 0 Å². The Kier molecular flexibility index (Phi) is 3.90. The monoisotopic (exact) mass is 239 g/mol.